The van der Waals surface area contributed by atoms with Crippen LogP contribution in [0, 0.1) is 0 Å². The summed E-state index contributed by atoms with van der Waals surface area (Å²) in [6.45, 7) is -0.692. The highest BCUT2D eigenvalue weighted by Gasteiger charge is 2.25. The van der Waals surface area contributed by atoms with E-state index in [1.807, 2.05) is 6.07 Å². The lowest BCUT2D eigenvalue weighted by Gasteiger charge is -2.07. The summed E-state index contributed by atoms with van der Waals surface area (Å²) in [5.74, 6) is 0. The first-order valence-corrected chi connectivity index (χ1v) is 3.89. The lowest BCUT2D eigenvalue weighted by Crippen LogP contribution is -2.28. The summed E-state index contributed by atoms with van der Waals surface area (Å²) < 4.78 is 35.1. The zero-order chi connectivity index (χ0) is 9.73. The normalized spacial score (nSPS) is 11.6. The van der Waals surface area contributed by atoms with E-state index in [0.717, 1.165) is 5.56 Å². The Kier molecular flexibility index (Phi) is 3.31. The maximum atomic E-state index is 11.7. The van der Waals surface area contributed by atoms with Crippen LogP contribution in [0.15, 0.2) is 30.3 Å². The third-order valence-electron chi connectivity index (χ3n) is 1.50. The van der Waals surface area contributed by atoms with Gasteiger partial charge in [0.1, 0.15) is 0 Å². The van der Waals surface area contributed by atoms with Gasteiger partial charge in [0.2, 0.25) is 0 Å². The molecule has 1 N–H and O–H groups in total. The molecule has 0 heterocycles. The van der Waals surface area contributed by atoms with E-state index in [0.29, 0.717) is 0 Å². The summed E-state index contributed by atoms with van der Waals surface area (Å²) in [5.41, 5.74) is 0.853. The van der Waals surface area contributed by atoms with Gasteiger partial charge in [-0.25, -0.2) is 0 Å². The van der Waals surface area contributed by atoms with Crippen molar-refractivity contribution in [2.24, 2.45) is 0 Å². The Hall–Kier alpha value is -1.03. The molecule has 1 aromatic rings. The molecule has 1 aromatic carbocycles. The van der Waals surface area contributed by atoms with Crippen molar-refractivity contribution in [2.45, 2.75) is 12.7 Å². The number of hydrogen-bond donors (Lipinski definition) is 1. The van der Waals surface area contributed by atoms with Crippen LogP contribution < -0.4 is 5.32 Å². The molecule has 1 rings (SSSR count). The third kappa shape index (κ3) is 4.52. The molecule has 0 fully saturated rings. The second kappa shape index (κ2) is 4.28. The predicted molar refractivity (Wildman–Crippen MR) is 44.2 cm³/mol. The molecule has 0 aliphatic heterocycles. The smallest absolute Gasteiger partial charge is 0.305 e. The maximum absolute atomic E-state index is 11.7. The zero-order valence-electron chi connectivity index (χ0n) is 6.93. The van der Waals surface area contributed by atoms with E-state index in [2.05, 4.69) is 5.32 Å². The van der Waals surface area contributed by atoms with Gasteiger partial charge in [-0.15, -0.1) is 0 Å². The fraction of sp³-hybridized carbons (Fsp3) is 0.333. The summed E-state index contributed by atoms with van der Waals surface area (Å²) >= 11 is 0. The van der Waals surface area contributed by atoms with Gasteiger partial charge >= 0.3 is 6.18 Å². The minimum atomic E-state index is -4.13. The first-order chi connectivity index (χ1) is 6.08. The van der Waals surface area contributed by atoms with E-state index in [1.165, 1.54) is 0 Å². The Bertz CT molecular complexity index is 243. The largest absolute Gasteiger partial charge is 0.401 e. The average molecular weight is 189 g/mol. The number of halogens is 3. The summed E-state index contributed by atoms with van der Waals surface area (Å²) in [6.07, 6.45) is -4.13. The highest BCUT2D eigenvalue weighted by Crippen LogP contribution is 2.12. The molecule has 0 radical (unpaired) electrons. The molecule has 0 aliphatic rings. The minimum Gasteiger partial charge on any atom is -0.305 e. The van der Waals surface area contributed by atoms with Crippen LogP contribution in [-0.4, -0.2) is 12.7 Å². The maximum Gasteiger partial charge on any atom is 0.401 e. The van der Waals surface area contributed by atoms with Crippen molar-refractivity contribution in [3.63, 3.8) is 0 Å². The van der Waals surface area contributed by atoms with Crippen molar-refractivity contribution < 1.29 is 13.2 Å². The van der Waals surface area contributed by atoms with E-state index in [9.17, 15) is 13.2 Å². The lowest BCUT2D eigenvalue weighted by atomic mass is 10.2. The number of nitrogens with one attached hydrogen (secondary N) is 1. The van der Waals surface area contributed by atoms with Crippen LogP contribution in [0.25, 0.3) is 0 Å². The Morgan fingerprint density at radius 1 is 1.08 bits per heavy atom. The molecule has 0 amide bonds. The van der Waals surface area contributed by atoms with E-state index >= 15 is 0 Å². The van der Waals surface area contributed by atoms with Gasteiger partial charge in [0.15, 0.2) is 0 Å². The van der Waals surface area contributed by atoms with Crippen molar-refractivity contribution >= 4 is 0 Å². The van der Waals surface area contributed by atoms with Crippen molar-refractivity contribution in [3.05, 3.63) is 35.9 Å². The van der Waals surface area contributed by atoms with E-state index in [1.54, 1.807) is 24.3 Å². The Morgan fingerprint density at radius 3 is 2.23 bits per heavy atom. The molecule has 0 atom stereocenters. The van der Waals surface area contributed by atoms with Gasteiger partial charge in [-0.1, -0.05) is 30.3 Å². The third-order valence-corrected chi connectivity index (χ3v) is 1.50. The molecule has 4 heteroatoms. The molecule has 0 unspecified atom stereocenters. The number of rotatable bonds is 3. The molecule has 0 spiro atoms. The molecule has 0 saturated heterocycles. The van der Waals surface area contributed by atoms with Gasteiger partial charge in [-0.05, 0) is 5.56 Å². The van der Waals surface area contributed by atoms with Crippen LogP contribution in [0.4, 0.5) is 13.2 Å². The fourth-order valence-electron chi connectivity index (χ4n) is 0.944. The van der Waals surface area contributed by atoms with Crippen LogP contribution in [0.5, 0.6) is 0 Å². The first kappa shape index (κ1) is 10.1. The topological polar surface area (TPSA) is 12.0 Å². The summed E-state index contributed by atoms with van der Waals surface area (Å²) in [5, 5.41) is 2.32. The molecule has 0 aromatic heterocycles. The number of hydrogen-bond acceptors (Lipinski definition) is 1. The second-order valence-corrected chi connectivity index (χ2v) is 2.70. The van der Waals surface area contributed by atoms with Crippen LogP contribution in [0.2, 0.25) is 0 Å². The van der Waals surface area contributed by atoms with Crippen LogP contribution in [0.3, 0.4) is 0 Å². The fourth-order valence-corrected chi connectivity index (χ4v) is 0.944. The van der Waals surface area contributed by atoms with Gasteiger partial charge in [0, 0.05) is 6.54 Å². The Balaban J connectivity index is 2.29. The van der Waals surface area contributed by atoms with Crippen LogP contribution >= 0.6 is 0 Å². The van der Waals surface area contributed by atoms with Crippen LogP contribution in [-0.2, 0) is 6.54 Å². The molecular formula is C9H10F3N. The van der Waals surface area contributed by atoms with E-state index in [4.69, 9.17) is 0 Å². The molecule has 1 nitrogen and oxygen atoms in total. The summed E-state index contributed by atoms with van der Waals surface area (Å²) in [7, 11) is 0. The number of alkyl halides is 3. The molecule has 72 valence electrons. The van der Waals surface area contributed by atoms with Gasteiger partial charge < -0.3 is 5.32 Å². The van der Waals surface area contributed by atoms with Gasteiger partial charge in [0.05, 0.1) is 6.54 Å². The second-order valence-electron chi connectivity index (χ2n) is 2.70. The molecule has 0 saturated carbocycles. The van der Waals surface area contributed by atoms with E-state index in [-0.39, 0.29) is 6.54 Å². The van der Waals surface area contributed by atoms with Gasteiger partial charge in [0.25, 0.3) is 0 Å². The van der Waals surface area contributed by atoms with Gasteiger partial charge in [-0.2, -0.15) is 13.2 Å². The molecule has 0 aliphatic carbocycles. The van der Waals surface area contributed by atoms with Crippen molar-refractivity contribution in [1.82, 2.24) is 5.32 Å². The molecule has 0 bridgehead atoms. The van der Waals surface area contributed by atoms with E-state index < -0.39 is 12.7 Å². The van der Waals surface area contributed by atoms with Crippen molar-refractivity contribution in [1.29, 1.82) is 0 Å². The van der Waals surface area contributed by atoms with Crippen molar-refractivity contribution in [2.75, 3.05) is 6.54 Å². The standard InChI is InChI=1S/C9H10F3N/c10-9(11,12)7-13-6-8-4-2-1-3-5-8/h1-5,13H,6-7H2. The predicted octanol–water partition coefficient (Wildman–Crippen LogP) is 2.34. The average Bonchev–Trinajstić information content (AvgIpc) is 2.04. The first-order valence-electron chi connectivity index (χ1n) is 3.89. The number of benzene rings is 1. The lowest BCUT2D eigenvalue weighted by molar-refractivity contribution is -0.125. The van der Waals surface area contributed by atoms with Gasteiger partial charge in [-0.3, -0.25) is 0 Å². The molecular weight excluding hydrogens is 179 g/mol. The van der Waals surface area contributed by atoms with Crippen molar-refractivity contribution in [3.8, 4) is 0 Å². The minimum absolute atomic E-state index is 0.250. The van der Waals surface area contributed by atoms with Crippen LogP contribution in [0.1, 0.15) is 5.56 Å². The zero-order valence-corrected chi connectivity index (χ0v) is 6.93. The summed E-state index contributed by atoms with van der Waals surface area (Å²) in [6, 6.07) is 8.98. The SMILES string of the molecule is FC(F)(F)CNCc1ccccc1. The molecule has 13 heavy (non-hydrogen) atoms. The highest BCUT2D eigenvalue weighted by atomic mass is 19.4. The summed E-state index contributed by atoms with van der Waals surface area (Å²) in [4.78, 5) is 0. The Morgan fingerprint density at radius 2 is 1.69 bits per heavy atom. The Labute approximate surface area is 74.6 Å². The quantitative estimate of drug-likeness (QED) is 0.769. The highest BCUT2D eigenvalue weighted by molar-refractivity contribution is 5.14. The monoisotopic (exact) mass is 189 g/mol.